The molecule has 98 valence electrons. The monoisotopic (exact) mass is 279 g/mol. The molecule has 6 heteroatoms. The van der Waals surface area contributed by atoms with Crippen molar-refractivity contribution in [3.8, 4) is 0 Å². The number of hydrogen-bond acceptors (Lipinski definition) is 2. The molecule has 0 saturated heterocycles. The zero-order valence-electron chi connectivity index (χ0n) is 9.86. The summed E-state index contributed by atoms with van der Waals surface area (Å²) < 4.78 is 12.7. The van der Waals surface area contributed by atoms with Gasteiger partial charge in [-0.3, -0.25) is 5.32 Å². The summed E-state index contributed by atoms with van der Waals surface area (Å²) in [6.07, 6.45) is 1.44. The minimum Gasteiger partial charge on any atom is -0.334 e. The van der Waals surface area contributed by atoms with Gasteiger partial charge in [0.15, 0.2) is 0 Å². The number of benzene rings is 1. The Hall–Kier alpha value is -2.14. The Morgan fingerprint density at radius 1 is 1.21 bits per heavy atom. The van der Waals surface area contributed by atoms with Gasteiger partial charge in [-0.25, -0.2) is 14.2 Å². The third-order valence-electron chi connectivity index (χ3n) is 2.34. The highest BCUT2D eigenvalue weighted by molar-refractivity contribution is 6.30. The zero-order valence-corrected chi connectivity index (χ0v) is 10.6. The first-order chi connectivity index (χ1) is 9.13. The first kappa shape index (κ1) is 13.3. The van der Waals surface area contributed by atoms with E-state index in [0.29, 0.717) is 17.4 Å². The average molecular weight is 280 g/mol. The lowest BCUT2D eigenvalue weighted by Crippen LogP contribution is -2.28. The molecule has 0 aliphatic carbocycles. The van der Waals surface area contributed by atoms with E-state index in [1.54, 1.807) is 24.3 Å². The van der Waals surface area contributed by atoms with Gasteiger partial charge in [0.05, 0.1) is 5.02 Å². The fraction of sp³-hybridized carbons (Fsp3) is 0.0769. The summed E-state index contributed by atoms with van der Waals surface area (Å²) in [5.41, 5.74) is 0.806. The topological polar surface area (TPSA) is 54.0 Å². The van der Waals surface area contributed by atoms with Crippen molar-refractivity contribution in [2.45, 2.75) is 6.54 Å². The summed E-state index contributed by atoms with van der Waals surface area (Å²) in [7, 11) is 0. The molecule has 0 atom stereocenters. The van der Waals surface area contributed by atoms with Crippen LogP contribution in [0.1, 0.15) is 5.56 Å². The van der Waals surface area contributed by atoms with Crippen molar-refractivity contribution in [3.05, 3.63) is 59.0 Å². The summed E-state index contributed by atoms with van der Waals surface area (Å²) in [5, 5.41) is 5.69. The van der Waals surface area contributed by atoms with Crippen LogP contribution in [0.25, 0.3) is 0 Å². The number of hydrogen-bond donors (Lipinski definition) is 2. The number of urea groups is 1. The Morgan fingerprint density at radius 3 is 2.58 bits per heavy atom. The molecule has 1 heterocycles. The molecule has 19 heavy (non-hydrogen) atoms. The molecule has 2 N–H and O–H groups in total. The van der Waals surface area contributed by atoms with Gasteiger partial charge in [-0.15, -0.1) is 0 Å². The predicted molar refractivity (Wildman–Crippen MR) is 71.5 cm³/mol. The predicted octanol–water partition coefficient (Wildman–Crippen LogP) is 3.20. The molecule has 2 aromatic rings. The summed E-state index contributed by atoms with van der Waals surface area (Å²) in [6.45, 7) is 0.305. The second kappa shape index (κ2) is 6.15. The van der Waals surface area contributed by atoms with Crippen molar-refractivity contribution in [1.82, 2.24) is 10.3 Å². The molecule has 0 saturated carbocycles. The van der Waals surface area contributed by atoms with E-state index < -0.39 is 0 Å². The normalized spacial score (nSPS) is 10.0. The minimum atomic E-state index is -0.390. The number of nitrogens with one attached hydrogen (secondary N) is 2. The van der Waals surface area contributed by atoms with Crippen LogP contribution in [0.15, 0.2) is 42.6 Å². The van der Waals surface area contributed by atoms with Crippen LogP contribution in [0.2, 0.25) is 5.02 Å². The number of carbonyl (C=O) groups excluding carboxylic acids is 1. The van der Waals surface area contributed by atoms with E-state index in [2.05, 4.69) is 15.6 Å². The molecule has 0 aliphatic heterocycles. The minimum absolute atomic E-state index is 0.305. The molecule has 4 nitrogen and oxygen atoms in total. The van der Waals surface area contributed by atoms with E-state index >= 15 is 0 Å². The first-order valence-electron chi connectivity index (χ1n) is 5.54. The maximum Gasteiger partial charge on any atom is 0.320 e. The lowest BCUT2D eigenvalue weighted by Gasteiger charge is -2.07. The van der Waals surface area contributed by atoms with Crippen LogP contribution in [0.3, 0.4) is 0 Å². The van der Waals surface area contributed by atoms with Gasteiger partial charge in [0.1, 0.15) is 11.6 Å². The number of carbonyl (C=O) groups is 1. The third kappa shape index (κ3) is 4.22. The quantitative estimate of drug-likeness (QED) is 0.906. The molecule has 2 rings (SSSR count). The number of aromatic nitrogens is 1. The van der Waals surface area contributed by atoms with Crippen molar-refractivity contribution in [3.63, 3.8) is 0 Å². The molecule has 1 aromatic heterocycles. The van der Waals surface area contributed by atoms with Gasteiger partial charge in [0.25, 0.3) is 0 Å². The Bertz CT molecular complexity index is 557. The summed E-state index contributed by atoms with van der Waals surface area (Å²) in [6, 6.07) is 8.74. The highest BCUT2D eigenvalue weighted by Crippen LogP contribution is 2.09. The van der Waals surface area contributed by atoms with Crippen molar-refractivity contribution in [1.29, 1.82) is 0 Å². The van der Waals surface area contributed by atoms with Gasteiger partial charge in [-0.2, -0.15) is 0 Å². The van der Waals surface area contributed by atoms with Crippen molar-refractivity contribution in [2.75, 3.05) is 5.32 Å². The van der Waals surface area contributed by atoms with E-state index in [0.717, 1.165) is 5.56 Å². The summed E-state index contributed by atoms with van der Waals surface area (Å²) in [4.78, 5) is 15.5. The molecular formula is C13H11ClFN3O. The molecule has 0 fully saturated rings. The highest BCUT2D eigenvalue weighted by atomic mass is 35.5. The van der Waals surface area contributed by atoms with E-state index in [4.69, 9.17) is 11.6 Å². The molecule has 0 radical (unpaired) electrons. The van der Waals surface area contributed by atoms with Gasteiger partial charge >= 0.3 is 6.03 Å². The van der Waals surface area contributed by atoms with E-state index in [9.17, 15) is 9.18 Å². The van der Waals surface area contributed by atoms with Crippen LogP contribution in [0.4, 0.5) is 15.0 Å². The number of amides is 2. The molecule has 0 aliphatic rings. The van der Waals surface area contributed by atoms with Crippen LogP contribution in [0.5, 0.6) is 0 Å². The van der Waals surface area contributed by atoms with Gasteiger partial charge in [0, 0.05) is 12.7 Å². The smallest absolute Gasteiger partial charge is 0.320 e. The van der Waals surface area contributed by atoms with E-state index in [1.165, 1.54) is 18.3 Å². The Balaban J connectivity index is 1.84. The fourth-order valence-corrected chi connectivity index (χ4v) is 1.51. The van der Waals surface area contributed by atoms with Crippen molar-refractivity contribution >= 4 is 23.4 Å². The van der Waals surface area contributed by atoms with E-state index in [-0.39, 0.29) is 11.8 Å². The van der Waals surface area contributed by atoms with Crippen LogP contribution in [-0.2, 0) is 6.54 Å². The van der Waals surface area contributed by atoms with Crippen LogP contribution < -0.4 is 10.6 Å². The Labute approximate surface area is 114 Å². The number of pyridine rings is 1. The van der Waals surface area contributed by atoms with Gasteiger partial charge < -0.3 is 5.32 Å². The largest absolute Gasteiger partial charge is 0.334 e. The molecule has 1 aromatic carbocycles. The van der Waals surface area contributed by atoms with Crippen LogP contribution in [-0.4, -0.2) is 11.0 Å². The molecule has 0 bridgehead atoms. The maximum absolute atomic E-state index is 12.7. The van der Waals surface area contributed by atoms with Crippen molar-refractivity contribution in [2.24, 2.45) is 0 Å². The summed E-state index contributed by atoms with van der Waals surface area (Å²) in [5.74, 6) is 0.0968. The number of nitrogens with zero attached hydrogens (tertiary/aromatic N) is 1. The first-order valence-corrected chi connectivity index (χ1v) is 5.92. The third-order valence-corrected chi connectivity index (χ3v) is 2.56. The van der Waals surface area contributed by atoms with Gasteiger partial charge in [-0.1, -0.05) is 23.7 Å². The lowest BCUT2D eigenvalue weighted by atomic mass is 10.2. The Kier molecular flexibility index (Phi) is 4.30. The molecule has 2 amide bonds. The van der Waals surface area contributed by atoms with Gasteiger partial charge in [0.2, 0.25) is 0 Å². The second-order valence-corrected chi connectivity index (χ2v) is 4.23. The number of anilines is 1. The van der Waals surface area contributed by atoms with E-state index in [1.807, 2.05) is 0 Å². The molecular weight excluding hydrogens is 269 g/mol. The molecule has 0 spiro atoms. The van der Waals surface area contributed by atoms with Gasteiger partial charge in [-0.05, 0) is 29.8 Å². The second-order valence-electron chi connectivity index (χ2n) is 3.80. The van der Waals surface area contributed by atoms with Crippen LogP contribution in [0, 0.1) is 5.82 Å². The summed E-state index contributed by atoms with van der Waals surface area (Å²) >= 11 is 5.68. The standard InChI is InChI=1S/C13H11ClFN3O/c14-10-3-6-12(16-8-10)18-13(19)17-7-9-1-4-11(15)5-2-9/h1-6,8H,7H2,(H2,16,17,18,19). The maximum atomic E-state index is 12.7. The number of halogens is 2. The Morgan fingerprint density at radius 2 is 1.95 bits per heavy atom. The highest BCUT2D eigenvalue weighted by Gasteiger charge is 2.02. The van der Waals surface area contributed by atoms with Crippen molar-refractivity contribution < 1.29 is 9.18 Å². The van der Waals surface area contributed by atoms with Crippen LogP contribution >= 0.6 is 11.6 Å². The fourth-order valence-electron chi connectivity index (χ4n) is 1.39. The zero-order chi connectivity index (χ0) is 13.7. The lowest BCUT2D eigenvalue weighted by molar-refractivity contribution is 0.251. The molecule has 0 unspecified atom stereocenters. The SMILES string of the molecule is O=C(NCc1ccc(F)cc1)Nc1ccc(Cl)cn1. The number of rotatable bonds is 3. The average Bonchev–Trinajstić information content (AvgIpc) is 2.41.